The van der Waals surface area contributed by atoms with Gasteiger partial charge in [0, 0.05) is 17.4 Å². The SMILES string of the molecule is CC(C=O)C=C1OCC(C)(C)CO1. The molecular weight excluding hydrogens is 168 g/mol. The Bertz CT molecular complexity index is 206. The molecule has 0 radical (unpaired) electrons. The van der Waals surface area contributed by atoms with Crippen LogP contribution in [0.1, 0.15) is 20.8 Å². The van der Waals surface area contributed by atoms with Crippen molar-refractivity contribution in [3.63, 3.8) is 0 Å². The van der Waals surface area contributed by atoms with Gasteiger partial charge in [0.2, 0.25) is 0 Å². The molecule has 0 aromatic rings. The molecule has 0 spiro atoms. The zero-order valence-corrected chi connectivity index (χ0v) is 8.37. The standard InChI is InChI=1S/C10H16O3/c1-8(5-11)4-9-12-6-10(2,3)7-13-9/h4-5,8H,6-7H2,1-3H3. The van der Waals surface area contributed by atoms with Crippen molar-refractivity contribution in [1.29, 1.82) is 0 Å². The van der Waals surface area contributed by atoms with Crippen LogP contribution >= 0.6 is 0 Å². The molecule has 1 aliphatic heterocycles. The highest BCUT2D eigenvalue weighted by atomic mass is 16.7. The molecule has 0 amide bonds. The first-order valence-electron chi connectivity index (χ1n) is 4.46. The van der Waals surface area contributed by atoms with Gasteiger partial charge < -0.3 is 14.3 Å². The van der Waals surface area contributed by atoms with E-state index in [0.29, 0.717) is 19.2 Å². The van der Waals surface area contributed by atoms with E-state index in [9.17, 15) is 4.79 Å². The molecule has 1 fully saturated rings. The fraction of sp³-hybridized carbons (Fsp3) is 0.700. The van der Waals surface area contributed by atoms with Gasteiger partial charge in [-0.25, -0.2) is 0 Å². The molecule has 74 valence electrons. The van der Waals surface area contributed by atoms with Crippen LogP contribution in [0.5, 0.6) is 0 Å². The Morgan fingerprint density at radius 2 is 1.92 bits per heavy atom. The molecule has 1 saturated heterocycles. The van der Waals surface area contributed by atoms with E-state index in [1.54, 1.807) is 13.0 Å². The van der Waals surface area contributed by atoms with Crippen molar-refractivity contribution in [2.75, 3.05) is 13.2 Å². The number of carbonyl (C=O) groups is 1. The Balaban J connectivity index is 2.49. The number of hydrogen-bond acceptors (Lipinski definition) is 3. The normalized spacial score (nSPS) is 22.5. The van der Waals surface area contributed by atoms with Crippen molar-refractivity contribution in [1.82, 2.24) is 0 Å². The second-order valence-electron chi connectivity index (χ2n) is 4.22. The topological polar surface area (TPSA) is 35.5 Å². The lowest BCUT2D eigenvalue weighted by Crippen LogP contribution is -2.30. The molecule has 1 heterocycles. The van der Waals surface area contributed by atoms with E-state index in [-0.39, 0.29) is 11.3 Å². The summed E-state index contributed by atoms with van der Waals surface area (Å²) in [6, 6.07) is 0. The van der Waals surface area contributed by atoms with Crippen molar-refractivity contribution >= 4 is 6.29 Å². The first kappa shape index (κ1) is 10.1. The predicted octanol–water partition coefficient (Wildman–Crippen LogP) is 1.74. The zero-order valence-electron chi connectivity index (χ0n) is 8.37. The third kappa shape index (κ3) is 3.09. The molecule has 3 heteroatoms. The van der Waals surface area contributed by atoms with Crippen molar-refractivity contribution in [2.24, 2.45) is 11.3 Å². The van der Waals surface area contributed by atoms with Gasteiger partial charge in [-0.3, -0.25) is 0 Å². The highest BCUT2D eigenvalue weighted by molar-refractivity contribution is 5.55. The molecule has 0 bridgehead atoms. The monoisotopic (exact) mass is 184 g/mol. The molecule has 0 aliphatic carbocycles. The Labute approximate surface area is 78.7 Å². The Hall–Kier alpha value is -0.990. The molecule has 3 nitrogen and oxygen atoms in total. The molecule has 1 atom stereocenters. The average Bonchev–Trinajstić information content (AvgIpc) is 2.08. The number of carbonyl (C=O) groups excluding carboxylic acids is 1. The van der Waals surface area contributed by atoms with Gasteiger partial charge in [-0.05, 0) is 0 Å². The minimum Gasteiger partial charge on any atom is -0.465 e. The van der Waals surface area contributed by atoms with E-state index in [1.807, 2.05) is 0 Å². The Morgan fingerprint density at radius 3 is 2.38 bits per heavy atom. The summed E-state index contributed by atoms with van der Waals surface area (Å²) >= 11 is 0. The summed E-state index contributed by atoms with van der Waals surface area (Å²) in [5.74, 6) is 0.343. The number of ether oxygens (including phenoxy) is 2. The lowest BCUT2D eigenvalue weighted by atomic mass is 9.96. The van der Waals surface area contributed by atoms with Crippen LogP contribution in [0.2, 0.25) is 0 Å². The van der Waals surface area contributed by atoms with Crippen LogP contribution in [0, 0.1) is 11.3 Å². The zero-order chi connectivity index (χ0) is 9.90. The van der Waals surface area contributed by atoms with Crippen LogP contribution < -0.4 is 0 Å². The van der Waals surface area contributed by atoms with Crippen LogP contribution in [0.3, 0.4) is 0 Å². The van der Waals surface area contributed by atoms with Gasteiger partial charge >= 0.3 is 0 Å². The molecule has 0 saturated carbocycles. The molecule has 1 unspecified atom stereocenters. The highest BCUT2D eigenvalue weighted by Gasteiger charge is 2.26. The summed E-state index contributed by atoms with van der Waals surface area (Å²) in [5.41, 5.74) is 0.0712. The maximum Gasteiger partial charge on any atom is 0.275 e. The summed E-state index contributed by atoms with van der Waals surface area (Å²) in [7, 11) is 0. The maximum absolute atomic E-state index is 10.4. The summed E-state index contributed by atoms with van der Waals surface area (Å²) in [6.45, 7) is 7.24. The van der Waals surface area contributed by atoms with Crippen molar-refractivity contribution in [3.05, 3.63) is 12.0 Å². The second kappa shape index (κ2) is 3.81. The molecule has 0 N–H and O–H groups in total. The highest BCUT2D eigenvalue weighted by Crippen LogP contribution is 2.24. The Kier molecular flexibility index (Phi) is 2.96. The maximum atomic E-state index is 10.4. The van der Waals surface area contributed by atoms with E-state index in [2.05, 4.69) is 13.8 Å². The first-order chi connectivity index (χ1) is 6.03. The smallest absolute Gasteiger partial charge is 0.275 e. The van der Waals surface area contributed by atoms with Gasteiger partial charge in [-0.2, -0.15) is 0 Å². The summed E-state index contributed by atoms with van der Waals surface area (Å²) in [5, 5.41) is 0. The molecule has 0 aromatic heterocycles. The first-order valence-corrected chi connectivity index (χ1v) is 4.46. The summed E-state index contributed by atoms with van der Waals surface area (Å²) < 4.78 is 10.7. The van der Waals surface area contributed by atoms with Crippen LogP contribution in [0.15, 0.2) is 12.0 Å². The fourth-order valence-electron chi connectivity index (χ4n) is 0.966. The van der Waals surface area contributed by atoms with Gasteiger partial charge in [0.15, 0.2) is 0 Å². The lowest BCUT2D eigenvalue weighted by Gasteiger charge is -2.31. The summed E-state index contributed by atoms with van der Waals surface area (Å²) in [6.07, 6.45) is 2.56. The third-order valence-electron chi connectivity index (χ3n) is 1.82. The van der Waals surface area contributed by atoms with Gasteiger partial charge in [0.05, 0.1) is 13.2 Å². The number of rotatable bonds is 2. The van der Waals surface area contributed by atoms with Gasteiger partial charge in [-0.1, -0.05) is 20.8 Å². The fourth-order valence-corrected chi connectivity index (χ4v) is 0.966. The predicted molar refractivity (Wildman–Crippen MR) is 49.0 cm³/mol. The second-order valence-corrected chi connectivity index (χ2v) is 4.22. The van der Waals surface area contributed by atoms with Crippen LogP contribution in [0.4, 0.5) is 0 Å². The quantitative estimate of drug-likeness (QED) is 0.613. The van der Waals surface area contributed by atoms with E-state index in [0.717, 1.165) is 6.29 Å². The number of hydrogen-bond donors (Lipinski definition) is 0. The third-order valence-corrected chi connectivity index (χ3v) is 1.82. The van der Waals surface area contributed by atoms with Crippen LogP contribution in [-0.2, 0) is 14.3 Å². The molecule has 13 heavy (non-hydrogen) atoms. The van der Waals surface area contributed by atoms with E-state index >= 15 is 0 Å². The largest absolute Gasteiger partial charge is 0.465 e. The van der Waals surface area contributed by atoms with E-state index < -0.39 is 0 Å². The van der Waals surface area contributed by atoms with Gasteiger partial charge in [0.1, 0.15) is 6.29 Å². The van der Waals surface area contributed by atoms with Crippen molar-refractivity contribution < 1.29 is 14.3 Å². The van der Waals surface area contributed by atoms with Crippen LogP contribution in [-0.4, -0.2) is 19.5 Å². The average molecular weight is 184 g/mol. The van der Waals surface area contributed by atoms with E-state index in [4.69, 9.17) is 9.47 Å². The number of aldehydes is 1. The van der Waals surface area contributed by atoms with E-state index in [1.165, 1.54) is 0 Å². The van der Waals surface area contributed by atoms with Gasteiger partial charge in [0.25, 0.3) is 5.95 Å². The van der Waals surface area contributed by atoms with Gasteiger partial charge in [-0.15, -0.1) is 0 Å². The summed E-state index contributed by atoms with van der Waals surface area (Å²) in [4.78, 5) is 10.4. The van der Waals surface area contributed by atoms with Crippen molar-refractivity contribution in [3.8, 4) is 0 Å². The molecule has 1 rings (SSSR count). The Morgan fingerprint density at radius 1 is 1.38 bits per heavy atom. The van der Waals surface area contributed by atoms with Crippen molar-refractivity contribution in [2.45, 2.75) is 20.8 Å². The minimum absolute atomic E-state index is 0.0712. The van der Waals surface area contributed by atoms with Crippen LogP contribution in [0.25, 0.3) is 0 Å². The molecule has 0 aromatic carbocycles. The minimum atomic E-state index is -0.142. The molecular formula is C10H16O3. The number of allylic oxidation sites excluding steroid dienone is 1. The lowest BCUT2D eigenvalue weighted by molar-refractivity contribution is -0.110. The molecule has 1 aliphatic rings.